The average molecular weight is 295 g/mol. The van der Waals surface area contributed by atoms with E-state index in [2.05, 4.69) is 15.6 Å². The average Bonchev–Trinajstić information content (AvgIpc) is 2.67. The molecule has 2 amide bonds. The van der Waals surface area contributed by atoms with Crippen LogP contribution in [0.1, 0.15) is 25.0 Å². The van der Waals surface area contributed by atoms with E-state index in [1.165, 1.54) is 7.11 Å². The number of anilines is 1. The van der Waals surface area contributed by atoms with Crippen LogP contribution in [0.15, 0.2) is 0 Å². The maximum absolute atomic E-state index is 12.2. The van der Waals surface area contributed by atoms with Gasteiger partial charge in [0.15, 0.2) is 5.82 Å². The molecule has 0 aliphatic carbocycles. The van der Waals surface area contributed by atoms with E-state index in [0.717, 1.165) is 18.5 Å². The van der Waals surface area contributed by atoms with Crippen molar-refractivity contribution in [3.63, 3.8) is 0 Å². The minimum absolute atomic E-state index is 0.00864. The Morgan fingerprint density at radius 2 is 2.24 bits per heavy atom. The lowest BCUT2D eigenvalue weighted by Crippen LogP contribution is -2.43. The van der Waals surface area contributed by atoms with Crippen molar-refractivity contribution >= 4 is 17.6 Å². The van der Waals surface area contributed by atoms with Gasteiger partial charge in [0, 0.05) is 20.7 Å². The number of carbonyl (C=O) groups is 2. The fourth-order valence-electron chi connectivity index (χ4n) is 2.31. The molecule has 21 heavy (non-hydrogen) atoms. The molecule has 1 N–H and O–H groups in total. The smallest absolute Gasteiger partial charge is 0.252 e. The van der Waals surface area contributed by atoms with E-state index in [1.807, 2.05) is 6.92 Å². The van der Waals surface area contributed by atoms with Crippen molar-refractivity contribution in [3.05, 3.63) is 5.69 Å². The normalized spacial score (nSPS) is 19.5. The molecule has 0 spiro atoms. The molecule has 8 heteroatoms. The van der Waals surface area contributed by atoms with Gasteiger partial charge < -0.3 is 15.0 Å². The third-order valence-electron chi connectivity index (χ3n) is 3.72. The highest BCUT2D eigenvalue weighted by Crippen LogP contribution is 2.15. The monoisotopic (exact) mass is 295 g/mol. The highest BCUT2D eigenvalue weighted by molar-refractivity contribution is 5.94. The number of carbonyl (C=O) groups excluding carboxylic acids is 2. The maximum atomic E-state index is 12.2. The number of aryl methyl sites for hydroxylation is 1. The van der Waals surface area contributed by atoms with E-state index < -0.39 is 6.10 Å². The van der Waals surface area contributed by atoms with Crippen LogP contribution in [0.2, 0.25) is 0 Å². The zero-order chi connectivity index (χ0) is 15.4. The van der Waals surface area contributed by atoms with E-state index in [1.54, 1.807) is 16.6 Å². The van der Waals surface area contributed by atoms with Gasteiger partial charge in [-0.1, -0.05) is 5.21 Å². The highest BCUT2D eigenvalue weighted by Gasteiger charge is 2.28. The number of hydrogen-bond donors (Lipinski definition) is 1. The summed E-state index contributed by atoms with van der Waals surface area (Å²) in [5, 5.41) is 10.4. The molecule has 1 fully saturated rings. The topological polar surface area (TPSA) is 89.3 Å². The molecular weight excluding hydrogens is 274 g/mol. The summed E-state index contributed by atoms with van der Waals surface area (Å²) in [6, 6.07) is 0. The van der Waals surface area contributed by atoms with Crippen molar-refractivity contribution in [2.75, 3.05) is 25.5 Å². The predicted octanol–water partition coefficient (Wildman–Crippen LogP) is 0.0895. The fraction of sp³-hybridized carbons (Fsp3) is 0.692. The Morgan fingerprint density at radius 3 is 2.86 bits per heavy atom. The van der Waals surface area contributed by atoms with Crippen molar-refractivity contribution in [2.45, 2.75) is 32.3 Å². The van der Waals surface area contributed by atoms with E-state index >= 15 is 0 Å². The van der Waals surface area contributed by atoms with Gasteiger partial charge in [-0.25, -0.2) is 0 Å². The molecule has 1 unspecified atom stereocenters. The fourth-order valence-corrected chi connectivity index (χ4v) is 2.31. The first-order valence-corrected chi connectivity index (χ1v) is 7.00. The Hall–Kier alpha value is -1.96. The summed E-state index contributed by atoms with van der Waals surface area (Å²) >= 11 is 0. The molecule has 1 aliphatic rings. The van der Waals surface area contributed by atoms with Crippen LogP contribution in [0, 0.1) is 6.92 Å². The molecule has 1 aromatic heterocycles. The Kier molecular flexibility index (Phi) is 4.89. The number of rotatable bonds is 4. The van der Waals surface area contributed by atoms with Gasteiger partial charge >= 0.3 is 0 Å². The first-order chi connectivity index (χ1) is 10.0. The SMILES string of the molecule is COC1CCCCN(CC(=O)Nc2nnn(C)c2C)C1=O. The van der Waals surface area contributed by atoms with Gasteiger partial charge in [0.1, 0.15) is 6.10 Å². The van der Waals surface area contributed by atoms with Crippen LogP contribution in [-0.2, 0) is 21.4 Å². The lowest BCUT2D eigenvalue weighted by molar-refractivity contribution is -0.143. The van der Waals surface area contributed by atoms with Crippen molar-refractivity contribution < 1.29 is 14.3 Å². The van der Waals surface area contributed by atoms with Gasteiger partial charge in [0.2, 0.25) is 5.91 Å². The molecule has 0 radical (unpaired) electrons. The van der Waals surface area contributed by atoms with Crippen molar-refractivity contribution in [1.29, 1.82) is 0 Å². The van der Waals surface area contributed by atoms with Crippen LogP contribution >= 0.6 is 0 Å². The van der Waals surface area contributed by atoms with Gasteiger partial charge in [0.25, 0.3) is 5.91 Å². The molecule has 2 heterocycles. The maximum Gasteiger partial charge on any atom is 0.252 e. The molecule has 8 nitrogen and oxygen atoms in total. The summed E-state index contributed by atoms with van der Waals surface area (Å²) in [7, 11) is 3.27. The minimum atomic E-state index is -0.446. The second-order valence-corrected chi connectivity index (χ2v) is 5.18. The molecule has 1 saturated heterocycles. The van der Waals surface area contributed by atoms with Crippen molar-refractivity contribution in [1.82, 2.24) is 19.9 Å². The van der Waals surface area contributed by atoms with Crippen LogP contribution in [0.25, 0.3) is 0 Å². The molecule has 1 aliphatic heterocycles. The Morgan fingerprint density at radius 1 is 1.48 bits per heavy atom. The first kappa shape index (κ1) is 15.4. The van der Waals surface area contributed by atoms with E-state index in [9.17, 15) is 9.59 Å². The van der Waals surface area contributed by atoms with E-state index in [-0.39, 0.29) is 18.4 Å². The van der Waals surface area contributed by atoms with Crippen LogP contribution in [0.4, 0.5) is 5.82 Å². The number of hydrogen-bond acceptors (Lipinski definition) is 5. The summed E-state index contributed by atoms with van der Waals surface area (Å²) in [6.45, 7) is 2.40. The summed E-state index contributed by atoms with van der Waals surface area (Å²) in [6.07, 6.45) is 2.06. The quantitative estimate of drug-likeness (QED) is 0.850. The lowest BCUT2D eigenvalue weighted by atomic mass is 10.2. The Balaban J connectivity index is 1.97. The summed E-state index contributed by atoms with van der Waals surface area (Å²) in [4.78, 5) is 25.8. The summed E-state index contributed by atoms with van der Waals surface area (Å²) in [5.74, 6) is 0.0257. The zero-order valence-corrected chi connectivity index (χ0v) is 12.6. The number of amides is 2. The van der Waals surface area contributed by atoms with Gasteiger partial charge in [-0.2, -0.15) is 0 Å². The van der Waals surface area contributed by atoms with Crippen LogP contribution < -0.4 is 5.32 Å². The van der Waals surface area contributed by atoms with E-state index in [0.29, 0.717) is 18.8 Å². The molecule has 1 atom stereocenters. The third-order valence-corrected chi connectivity index (χ3v) is 3.72. The van der Waals surface area contributed by atoms with Crippen molar-refractivity contribution in [3.8, 4) is 0 Å². The number of aromatic nitrogens is 3. The zero-order valence-electron chi connectivity index (χ0n) is 12.6. The third kappa shape index (κ3) is 3.57. The van der Waals surface area contributed by atoms with Crippen LogP contribution in [0.3, 0.4) is 0 Å². The molecule has 0 bridgehead atoms. The predicted molar refractivity (Wildman–Crippen MR) is 75.6 cm³/mol. The number of nitrogens with one attached hydrogen (secondary N) is 1. The van der Waals surface area contributed by atoms with Gasteiger partial charge in [0.05, 0.1) is 12.2 Å². The van der Waals surface area contributed by atoms with E-state index in [4.69, 9.17) is 4.74 Å². The molecule has 2 rings (SSSR count). The van der Waals surface area contributed by atoms with Crippen LogP contribution in [-0.4, -0.2) is 58.0 Å². The summed E-state index contributed by atoms with van der Waals surface area (Å²) in [5.41, 5.74) is 0.764. The van der Waals surface area contributed by atoms with Gasteiger partial charge in [-0.05, 0) is 26.2 Å². The van der Waals surface area contributed by atoms with Crippen molar-refractivity contribution in [2.24, 2.45) is 7.05 Å². The number of methoxy groups -OCH3 is 1. The molecule has 0 aromatic carbocycles. The second-order valence-electron chi connectivity index (χ2n) is 5.18. The Labute approximate surface area is 123 Å². The molecule has 0 saturated carbocycles. The Bertz CT molecular complexity index is 528. The molecular formula is C13H21N5O3. The van der Waals surface area contributed by atoms with Gasteiger partial charge in [-0.3, -0.25) is 14.3 Å². The number of ether oxygens (including phenoxy) is 1. The summed E-state index contributed by atoms with van der Waals surface area (Å²) < 4.78 is 6.76. The molecule has 1 aromatic rings. The highest BCUT2D eigenvalue weighted by atomic mass is 16.5. The largest absolute Gasteiger partial charge is 0.372 e. The second kappa shape index (κ2) is 6.66. The molecule has 116 valence electrons. The number of likely N-dealkylation sites (tertiary alicyclic amines) is 1. The van der Waals surface area contributed by atoms with Gasteiger partial charge in [-0.15, -0.1) is 5.10 Å². The number of nitrogens with zero attached hydrogens (tertiary/aromatic N) is 4. The van der Waals surface area contributed by atoms with Crippen LogP contribution in [0.5, 0.6) is 0 Å². The lowest BCUT2D eigenvalue weighted by Gasteiger charge is -2.22. The minimum Gasteiger partial charge on any atom is -0.372 e. The first-order valence-electron chi connectivity index (χ1n) is 7.00. The standard InChI is InChI=1S/C13H21N5O3/c1-9-12(15-16-17(9)2)14-11(19)8-18-7-5-4-6-10(21-3)13(18)20/h10H,4-8H2,1-3H3,(H,14,19).